The maximum atomic E-state index is 12.6. The van der Waals surface area contributed by atoms with Crippen LogP contribution in [0.3, 0.4) is 0 Å². The summed E-state index contributed by atoms with van der Waals surface area (Å²) in [5.74, 6) is 1.04. The van der Waals surface area contributed by atoms with Crippen LogP contribution in [0.15, 0.2) is 21.6 Å². The van der Waals surface area contributed by atoms with Gasteiger partial charge in [-0.25, -0.2) is 8.42 Å². The summed E-state index contributed by atoms with van der Waals surface area (Å²) in [6.45, 7) is 8.03. The zero-order valence-electron chi connectivity index (χ0n) is 12.4. The van der Waals surface area contributed by atoms with Gasteiger partial charge in [0.2, 0.25) is 5.09 Å². The molecule has 1 aromatic heterocycles. The summed E-state index contributed by atoms with van der Waals surface area (Å²) in [5.41, 5.74) is 0. The van der Waals surface area contributed by atoms with E-state index in [1.54, 1.807) is 16.4 Å². The molecule has 0 amide bonds. The highest BCUT2D eigenvalue weighted by atomic mass is 32.2. The molecular formula is C14H24N2O3S. The van der Waals surface area contributed by atoms with Crippen LogP contribution in [0.4, 0.5) is 0 Å². The van der Waals surface area contributed by atoms with E-state index < -0.39 is 10.0 Å². The first-order valence-electron chi connectivity index (χ1n) is 7.28. The lowest BCUT2D eigenvalue weighted by molar-refractivity contribution is 0.198. The zero-order chi connectivity index (χ0) is 14.8. The molecule has 2 atom stereocenters. The number of hydrogen-bond donors (Lipinski definition) is 1. The van der Waals surface area contributed by atoms with E-state index in [4.69, 9.17) is 4.42 Å². The summed E-state index contributed by atoms with van der Waals surface area (Å²) >= 11 is 0. The maximum absolute atomic E-state index is 12.6. The van der Waals surface area contributed by atoms with Gasteiger partial charge in [0.15, 0.2) is 0 Å². The number of nitrogens with one attached hydrogen (secondary N) is 1. The molecule has 1 aliphatic rings. The average molecular weight is 300 g/mol. The lowest BCUT2D eigenvalue weighted by Gasteiger charge is -2.36. The van der Waals surface area contributed by atoms with Crippen LogP contribution >= 0.6 is 0 Å². The molecule has 0 spiro atoms. The van der Waals surface area contributed by atoms with Crippen molar-refractivity contribution < 1.29 is 12.8 Å². The van der Waals surface area contributed by atoms with Crippen LogP contribution < -0.4 is 5.32 Å². The molecule has 0 aliphatic carbocycles. The molecule has 0 aromatic carbocycles. The zero-order valence-corrected chi connectivity index (χ0v) is 13.2. The third-order valence-corrected chi connectivity index (χ3v) is 5.93. The molecule has 1 saturated heterocycles. The Balaban J connectivity index is 2.19. The van der Waals surface area contributed by atoms with Gasteiger partial charge in [0, 0.05) is 12.6 Å². The van der Waals surface area contributed by atoms with Crippen LogP contribution in [0.1, 0.15) is 39.4 Å². The van der Waals surface area contributed by atoms with Gasteiger partial charge >= 0.3 is 0 Å². The minimum atomic E-state index is -3.51. The topological polar surface area (TPSA) is 62.6 Å². The number of nitrogens with zero attached hydrogens (tertiary/aromatic N) is 1. The molecule has 114 valence electrons. The highest BCUT2D eigenvalue weighted by molar-refractivity contribution is 7.89. The molecule has 6 heteroatoms. The Morgan fingerprint density at radius 3 is 2.85 bits per heavy atom. The maximum Gasteiger partial charge on any atom is 0.276 e. The molecule has 20 heavy (non-hydrogen) atoms. The van der Waals surface area contributed by atoms with Crippen molar-refractivity contribution in [2.45, 2.75) is 51.3 Å². The van der Waals surface area contributed by atoms with E-state index in [-0.39, 0.29) is 11.1 Å². The van der Waals surface area contributed by atoms with Crippen molar-refractivity contribution in [3.8, 4) is 0 Å². The Hall–Kier alpha value is -0.850. The Morgan fingerprint density at radius 2 is 2.15 bits per heavy atom. The number of furan rings is 1. The van der Waals surface area contributed by atoms with Crippen LogP contribution in [-0.4, -0.2) is 31.9 Å². The quantitative estimate of drug-likeness (QED) is 0.905. The third kappa shape index (κ3) is 3.07. The molecule has 0 saturated carbocycles. The van der Waals surface area contributed by atoms with Crippen molar-refractivity contribution >= 4 is 10.0 Å². The highest BCUT2D eigenvalue weighted by Crippen LogP contribution is 2.29. The van der Waals surface area contributed by atoms with Crippen LogP contribution in [0.25, 0.3) is 0 Å². The minimum absolute atomic E-state index is 0.0241. The van der Waals surface area contributed by atoms with Crippen LogP contribution in [0, 0.1) is 5.92 Å². The molecule has 5 nitrogen and oxygen atoms in total. The van der Waals surface area contributed by atoms with Gasteiger partial charge < -0.3 is 9.73 Å². The summed E-state index contributed by atoms with van der Waals surface area (Å²) in [6.07, 6.45) is 1.99. The SMILES string of the molecule is CCNCc1ccc(S(=O)(=O)N2CCCC(C)C2C)o1. The van der Waals surface area contributed by atoms with Crippen LogP contribution in [0.2, 0.25) is 0 Å². The first-order valence-corrected chi connectivity index (χ1v) is 8.72. The van der Waals surface area contributed by atoms with Gasteiger partial charge in [0.1, 0.15) is 5.76 Å². The van der Waals surface area contributed by atoms with Gasteiger partial charge in [-0.05, 0) is 44.4 Å². The first-order chi connectivity index (χ1) is 9.46. The number of sulfonamides is 1. The molecular weight excluding hydrogens is 276 g/mol. The van der Waals surface area contributed by atoms with Crippen molar-refractivity contribution in [2.24, 2.45) is 5.92 Å². The van der Waals surface area contributed by atoms with Crippen molar-refractivity contribution in [1.29, 1.82) is 0 Å². The largest absolute Gasteiger partial charge is 0.447 e. The molecule has 1 aromatic rings. The molecule has 2 heterocycles. The van der Waals surface area contributed by atoms with Gasteiger partial charge in [0.05, 0.1) is 6.54 Å². The number of rotatable bonds is 5. The van der Waals surface area contributed by atoms with E-state index in [2.05, 4.69) is 12.2 Å². The van der Waals surface area contributed by atoms with Crippen molar-refractivity contribution in [3.05, 3.63) is 17.9 Å². The molecule has 0 radical (unpaired) electrons. The van der Waals surface area contributed by atoms with E-state index in [0.29, 0.717) is 24.8 Å². The van der Waals surface area contributed by atoms with E-state index >= 15 is 0 Å². The van der Waals surface area contributed by atoms with Gasteiger partial charge in [0.25, 0.3) is 10.0 Å². The lowest BCUT2D eigenvalue weighted by atomic mass is 9.94. The summed E-state index contributed by atoms with van der Waals surface area (Å²) < 4.78 is 32.4. The fraction of sp³-hybridized carbons (Fsp3) is 0.714. The predicted octanol–water partition coefficient (Wildman–Crippen LogP) is 2.20. The first kappa shape index (κ1) is 15.5. The lowest BCUT2D eigenvalue weighted by Crippen LogP contribution is -2.45. The Kier molecular flexibility index (Phi) is 4.88. The standard InChI is InChI=1S/C14H24N2O3S/c1-4-15-10-13-7-8-14(19-13)20(17,18)16-9-5-6-11(2)12(16)3/h7-8,11-12,15H,4-6,9-10H2,1-3H3. The van der Waals surface area contributed by atoms with Gasteiger partial charge in [-0.1, -0.05) is 13.8 Å². The molecule has 1 fully saturated rings. The van der Waals surface area contributed by atoms with Crippen molar-refractivity contribution in [3.63, 3.8) is 0 Å². The number of hydrogen-bond acceptors (Lipinski definition) is 4. The fourth-order valence-corrected chi connectivity index (χ4v) is 4.29. The molecule has 2 rings (SSSR count). The van der Waals surface area contributed by atoms with Crippen molar-refractivity contribution in [2.75, 3.05) is 13.1 Å². The van der Waals surface area contributed by atoms with Gasteiger partial charge in [-0.2, -0.15) is 4.31 Å². The summed E-state index contributed by atoms with van der Waals surface area (Å²) in [4.78, 5) is 0. The minimum Gasteiger partial charge on any atom is -0.447 e. The Bertz CT molecular complexity index is 538. The van der Waals surface area contributed by atoms with Crippen LogP contribution in [-0.2, 0) is 16.6 Å². The summed E-state index contributed by atoms with van der Waals surface area (Å²) in [6, 6.07) is 3.32. The monoisotopic (exact) mass is 300 g/mol. The molecule has 1 N–H and O–H groups in total. The van der Waals surface area contributed by atoms with Gasteiger partial charge in [-0.15, -0.1) is 0 Å². The Morgan fingerprint density at radius 1 is 1.40 bits per heavy atom. The number of piperidine rings is 1. The highest BCUT2D eigenvalue weighted by Gasteiger charge is 2.36. The van der Waals surface area contributed by atoms with E-state index in [9.17, 15) is 8.42 Å². The smallest absolute Gasteiger partial charge is 0.276 e. The molecule has 1 aliphatic heterocycles. The second-order valence-corrected chi connectivity index (χ2v) is 7.30. The van der Waals surface area contributed by atoms with E-state index in [1.165, 1.54) is 0 Å². The summed E-state index contributed by atoms with van der Waals surface area (Å²) in [7, 11) is -3.51. The molecule has 0 bridgehead atoms. The second kappa shape index (κ2) is 6.28. The second-order valence-electron chi connectivity index (χ2n) is 5.48. The average Bonchev–Trinajstić information content (AvgIpc) is 2.89. The predicted molar refractivity (Wildman–Crippen MR) is 77.8 cm³/mol. The third-order valence-electron chi connectivity index (χ3n) is 4.06. The Labute approximate surface area is 121 Å². The van der Waals surface area contributed by atoms with Gasteiger partial charge in [-0.3, -0.25) is 0 Å². The molecule has 2 unspecified atom stereocenters. The summed E-state index contributed by atoms with van der Waals surface area (Å²) in [5, 5.41) is 3.18. The normalized spacial score (nSPS) is 24.9. The van der Waals surface area contributed by atoms with Crippen molar-refractivity contribution in [1.82, 2.24) is 9.62 Å². The van der Waals surface area contributed by atoms with Crippen LogP contribution in [0.5, 0.6) is 0 Å². The van der Waals surface area contributed by atoms with E-state index in [0.717, 1.165) is 19.4 Å². The van der Waals surface area contributed by atoms with E-state index in [1.807, 2.05) is 13.8 Å². The fourth-order valence-electron chi connectivity index (χ4n) is 2.59.